The molecule has 188 valence electrons. The highest BCUT2D eigenvalue weighted by Gasteiger charge is 2.36. The molecule has 35 heavy (non-hydrogen) atoms. The highest BCUT2D eigenvalue weighted by Crippen LogP contribution is 2.38. The molecule has 4 rings (SSSR count). The Morgan fingerprint density at radius 2 is 1.91 bits per heavy atom. The first-order valence-corrected chi connectivity index (χ1v) is 11.0. The van der Waals surface area contributed by atoms with Crippen molar-refractivity contribution < 1.29 is 36.2 Å². The average Bonchev–Trinajstić information content (AvgIpc) is 3.31. The van der Waals surface area contributed by atoms with Gasteiger partial charge in [0.05, 0.1) is 37.4 Å². The maximum Gasteiger partial charge on any atom is 0.419 e. The molecular weight excluding hydrogens is 473 g/mol. The van der Waals surface area contributed by atoms with Crippen LogP contribution in [-0.2, 0) is 10.9 Å². The van der Waals surface area contributed by atoms with Gasteiger partial charge in [0.1, 0.15) is 23.3 Å². The molecule has 1 saturated heterocycles. The standard InChI is InChI=1S/C24H24F5N3O3/c1-12(16-6-15(25)7-18(22(16)26)24(27,28)29)30-23-17-8-21(35-11-14-4-5-34-10-14)20(33-3)9-19(17)31-13(2)32-23/h6-9,12,14H,4-5,10-11H2,1-3H3,(H,30,31,32)/t12-,14+/m1/s1. The van der Waals surface area contributed by atoms with Crippen molar-refractivity contribution in [2.45, 2.75) is 32.5 Å². The Morgan fingerprint density at radius 1 is 1.14 bits per heavy atom. The Morgan fingerprint density at radius 3 is 2.57 bits per heavy atom. The van der Waals surface area contributed by atoms with Gasteiger partial charge in [-0.15, -0.1) is 0 Å². The van der Waals surface area contributed by atoms with Gasteiger partial charge in [0.2, 0.25) is 0 Å². The molecule has 0 radical (unpaired) electrons. The Kier molecular flexibility index (Phi) is 6.98. The van der Waals surface area contributed by atoms with E-state index in [0.717, 1.165) is 12.5 Å². The number of methoxy groups -OCH3 is 1. The number of alkyl halides is 3. The molecule has 1 N–H and O–H groups in total. The number of halogens is 5. The fourth-order valence-corrected chi connectivity index (χ4v) is 3.97. The van der Waals surface area contributed by atoms with Crippen molar-refractivity contribution in [3.05, 3.63) is 52.9 Å². The molecule has 0 bridgehead atoms. The van der Waals surface area contributed by atoms with E-state index in [2.05, 4.69) is 15.3 Å². The zero-order valence-corrected chi connectivity index (χ0v) is 19.3. The third kappa shape index (κ3) is 5.39. The Balaban J connectivity index is 1.70. The molecular formula is C24H24F5N3O3. The summed E-state index contributed by atoms with van der Waals surface area (Å²) in [6, 6.07) is 3.14. The lowest BCUT2D eigenvalue weighted by atomic mass is 10.0. The summed E-state index contributed by atoms with van der Waals surface area (Å²) in [4.78, 5) is 8.74. The minimum Gasteiger partial charge on any atom is -0.493 e. The van der Waals surface area contributed by atoms with Crippen LogP contribution in [-0.4, -0.2) is 36.9 Å². The van der Waals surface area contributed by atoms with Crippen LogP contribution < -0.4 is 14.8 Å². The molecule has 2 heterocycles. The fraction of sp³-hybridized carbons (Fsp3) is 0.417. The van der Waals surface area contributed by atoms with Crippen LogP contribution in [0.2, 0.25) is 0 Å². The summed E-state index contributed by atoms with van der Waals surface area (Å²) < 4.78 is 84.9. The van der Waals surface area contributed by atoms with Gasteiger partial charge < -0.3 is 19.5 Å². The van der Waals surface area contributed by atoms with E-state index in [1.54, 1.807) is 19.1 Å². The van der Waals surface area contributed by atoms with Crippen molar-refractivity contribution in [3.63, 3.8) is 0 Å². The molecule has 0 saturated carbocycles. The molecule has 3 aromatic rings. The molecule has 1 fully saturated rings. The van der Waals surface area contributed by atoms with Crippen molar-refractivity contribution >= 4 is 16.7 Å². The van der Waals surface area contributed by atoms with Crippen LogP contribution in [0.1, 0.15) is 36.3 Å². The third-order valence-corrected chi connectivity index (χ3v) is 5.78. The van der Waals surface area contributed by atoms with Gasteiger partial charge in [-0.2, -0.15) is 13.2 Å². The number of aromatic nitrogens is 2. The van der Waals surface area contributed by atoms with Gasteiger partial charge in [-0.05, 0) is 38.5 Å². The largest absolute Gasteiger partial charge is 0.493 e. The lowest BCUT2D eigenvalue weighted by molar-refractivity contribution is -0.140. The van der Waals surface area contributed by atoms with E-state index in [1.807, 2.05) is 0 Å². The van der Waals surface area contributed by atoms with E-state index >= 15 is 0 Å². The first-order valence-electron chi connectivity index (χ1n) is 11.0. The summed E-state index contributed by atoms with van der Waals surface area (Å²) in [5.74, 6) is -1.04. The van der Waals surface area contributed by atoms with Crippen LogP contribution in [0.4, 0.5) is 27.8 Å². The number of ether oxygens (including phenoxy) is 3. The maximum absolute atomic E-state index is 14.7. The Hall–Kier alpha value is -3.21. The van der Waals surface area contributed by atoms with E-state index in [1.165, 1.54) is 14.0 Å². The van der Waals surface area contributed by atoms with Gasteiger partial charge in [-0.3, -0.25) is 0 Å². The molecule has 6 nitrogen and oxygen atoms in total. The van der Waals surface area contributed by atoms with E-state index in [4.69, 9.17) is 14.2 Å². The number of fused-ring (bicyclic) bond motifs is 1. The quantitative estimate of drug-likeness (QED) is 0.415. The number of nitrogens with one attached hydrogen (secondary N) is 1. The van der Waals surface area contributed by atoms with Crippen molar-refractivity contribution in [3.8, 4) is 11.5 Å². The third-order valence-electron chi connectivity index (χ3n) is 5.78. The van der Waals surface area contributed by atoms with Crippen molar-refractivity contribution in [2.24, 2.45) is 5.92 Å². The van der Waals surface area contributed by atoms with Crippen LogP contribution in [0.15, 0.2) is 24.3 Å². The SMILES string of the molecule is COc1cc2nc(C)nc(N[C@H](C)c3cc(F)cc(C(F)(F)F)c3F)c2cc1OC[C@H]1CCOC1. The van der Waals surface area contributed by atoms with Gasteiger partial charge >= 0.3 is 6.18 Å². The average molecular weight is 497 g/mol. The zero-order valence-electron chi connectivity index (χ0n) is 19.3. The van der Waals surface area contributed by atoms with Crippen LogP contribution in [0, 0.1) is 24.5 Å². The topological polar surface area (TPSA) is 65.5 Å². The lowest BCUT2D eigenvalue weighted by Gasteiger charge is -2.20. The van der Waals surface area contributed by atoms with Gasteiger partial charge in [-0.25, -0.2) is 18.7 Å². The predicted molar refractivity (Wildman–Crippen MR) is 119 cm³/mol. The van der Waals surface area contributed by atoms with E-state index in [-0.39, 0.29) is 17.8 Å². The molecule has 1 aliphatic heterocycles. The van der Waals surface area contributed by atoms with E-state index in [9.17, 15) is 22.0 Å². The van der Waals surface area contributed by atoms with Crippen molar-refractivity contribution in [1.29, 1.82) is 0 Å². The van der Waals surface area contributed by atoms with Crippen molar-refractivity contribution in [2.75, 3.05) is 32.2 Å². The normalized spacial score (nSPS) is 17.0. The first kappa shape index (κ1) is 24.9. The van der Waals surface area contributed by atoms with Gasteiger partial charge in [0, 0.05) is 29.5 Å². The molecule has 1 aromatic heterocycles. The highest BCUT2D eigenvalue weighted by molar-refractivity contribution is 5.92. The predicted octanol–water partition coefficient (Wildman–Crippen LogP) is 5.83. The minimum atomic E-state index is -5.04. The molecule has 0 spiro atoms. The number of anilines is 1. The van der Waals surface area contributed by atoms with Gasteiger partial charge in [-0.1, -0.05) is 0 Å². The summed E-state index contributed by atoms with van der Waals surface area (Å²) in [6.45, 7) is 4.73. The minimum absolute atomic E-state index is 0.140. The second-order valence-electron chi connectivity index (χ2n) is 8.40. The molecule has 2 atom stereocenters. The molecule has 0 amide bonds. The lowest BCUT2D eigenvalue weighted by Crippen LogP contribution is -2.16. The second-order valence-corrected chi connectivity index (χ2v) is 8.40. The summed E-state index contributed by atoms with van der Waals surface area (Å²) in [5.41, 5.74) is -1.66. The summed E-state index contributed by atoms with van der Waals surface area (Å²) in [7, 11) is 1.49. The maximum atomic E-state index is 14.7. The van der Waals surface area contributed by atoms with Crippen molar-refractivity contribution in [1.82, 2.24) is 9.97 Å². The summed E-state index contributed by atoms with van der Waals surface area (Å²) in [6.07, 6.45) is -4.16. The Labute approximate surface area is 198 Å². The van der Waals surface area contributed by atoms with Gasteiger partial charge in [0.15, 0.2) is 11.5 Å². The van der Waals surface area contributed by atoms with Crippen LogP contribution in [0.3, 0.4) is 0 Å². The van der Waals surface area contributed by atoms with Crippen LogP contribution in [0.5, 0.6) is 11.5 Å². The second kappa shape index (κ2) is 9.80. The highest BCUT2D eigenvalue weighted by atomic mass is 19.4. The van der Waals surface area contributed by atoms with Crippen LogP contribution in [0.25, 0.3) is 10.9 Å². The fourth-order valence-electron chi connectivity index (χ4n) is 3.97. The molecule has 2 aromatic carbocycles. The van der Waals surface area contributed by atoms with Crippen LogP contribution >= 0.6 is 0 Å². The van der Waals surface area contributed by atoms with E-state index < -0.39 is 35.0 Å². The molecule has 0 unspecified atom stereocenters. The first-order chi connectivity index (χ1) is 16.6. The molecule has 1 aliphatic rings. The smallest absolute Gasteiger partial charge is 0.419 e. The number of benzene rings is 2. The molecule has 0 aliphatic carbocycles. The number of hydrogen-bond donors (Lipinski definition) is 1. The summed E-state index contributed by atoms with van der Waals surface area (Å²) in [5, 5.41) is 3.39. The number of aryl methyl sites for hydroxylation is 1. The Bertz CT molecular complexity index is 1230. The summed E-state index contributed by atoms with van der Waals surface area (Å²) >= 11 is 0. The zero-order chi connectivity index (χ0) is 25.3. The number of hydrogen-bond acceptors (Lipinski definition) is 6. The number of rotatable bonds is 7. The monoisotopic (exact) mass is 497 g/mol. The number of nitrogens with zero attached hydrogens (tertiary/aromatic N) is 2. The molecule has 11 heteroatoms. The van der Waals surface area contributed by atoms with E-state index in [0.29, 0.717) is 48.0 Å². The van der Waals surface area contributed by atoms with Gasteiger partial charge in [0.25, 0.3) is 0 Å².